The zero-order valence-electron chi connectivity index (χ0n) is 15.1. The van der Waals surface area contributed by atoms with E-state index in [0.717, 1.165) is 18.6 Å². The van der Waals surface area contributed by atoms with Gasteiger partial charge in [0.1, 0.15) is 5.75 Å². The summed E-state index contributed by atoms with van der Waals surface area (Å²) in [6.45, 7) is 4.46. The standard InChI is InChI=1S/C19H22F3N3O2/c1-12(2)9-15(10-23)25-18(26)13-3-6-16(7-4-13)27-17-8-5-14(11-24-17)19(20,21)22/h3-8,11-12,15H,9-10,23H2,1-2H3,(H,25,26). The maximum absolute atomic E-state index is 12.5. The van der Waals surface area contributed by atoms with Crippen LogP contribution in [-0.2, 0) is 6.18 Å². The smallest absolute Gasteiger partial charge is 0.417 e. The molecule has 0 aliphatic heterocycles. The van der Waals surface area contributed by atoms with Crippen molar-refractivity contribution in [2.75, 3.05) is 6.54 Å². The highest BCUT2D eigenvalue weighted by molar-refractivity contribution is 5.94. The van der Waals surface area contributed by atoms with Gasteiger partial charge in [-0.15, -0.1) is 0 Å². The third kappa shape index (κ3) is 6.25. The van der Waals surface area contributed by atoms with E-state index in [9.17, 15) is 18.0 Å². The van der Waals surface area contributed by atoms with Crippen LogP contribution in [0.3, 0.4) is 0 Å². The number of halogens is 3. The Balaban J connectivity index is 1.99. The molecule has 1 amide bonds. The molecule has 8 heteroatoms. The van der Waals surface area contributed by atoms with Crippen molar-refractivity contribution in [2.45, 2.75) is 32.5 Å². The maximum atomic E-state index is 12.5. The van der Waals surface area contributed by atoms with Gasteiger partial charge in [-0.2, -0.15) is 13.2 Å². The van der Waals surface area contributed by atoms with E-state index < -0.39 is 11.7 Å². The van der Waals surface area contributed by atoms with Crippen LogP contribution in [0.1, 0.15) is 36.2 Å². The van der Waals surface area contributed by atoms with Crippen LogP contribution in [0.2, 0.25) is 0 Å². The molecule has 0 saturated heterocycles. The number of pyridine rings is 1. The average Bonchev–Trinajstić information content (AvgIpc) is 2.61. The summed E-state index contributed by atoms with van der Waals surface area (Å²) in [7, 11) is 0. The van der Waals surface area contributed by atoms with Crippen LogP contribution in [0.5, 0.6) is 11.6 Å². The molecule has 0 saturated carbocycles. The van der Waals surface area contributed by atoms with Gasteiger partial charge in [0.25, 0.3) is 5.91 Å². The lowest BCUT2D eigenvalue weighted by Gasteiger charge is -2.18. The number of aromatic nitrogens is 1. The van der Waals surface area contributed by atoms with E-state index in [1.54, 1.807) is 24.3 Å². The van der Waals surface area contributed by atoms with Crippen LogP contribution in [-0.4, -0.2) is 23.5 Å². The first-order chi connectivity index (χ1) is 12.7. The molecule has 0 aliphatic carbocycles. The minimum Gasteiger partial charge on any atom is -0.439 e. The normalized spacial score (nSPS) is 12.7. The van der Waals surface area contributed by atoms with Gasteiger partial charge in [0.05, 0.1) is 5.56 Å². The van der Waals surface area contributed by atoms with Crippen molar-refractivity contribution < 1.29 is 22.7 Å². The molecular weight excluding hydrogens is 359 g/mol. The molecule has 5 nitrogen and oxygen atoms in total. The Hall–Kier alpha value is -2.61. The molecular formula is C19H22F3N3O2. The van der Waals surface area contributed by atoms with Crippen LogP contribution >= 0.6 is 0 Å². The first kappa shape index (κ1) is 20.7. The molecule has 1 heterocycles. The van der Waals surface area contributed by atoms with Crippen LogP contribution < -0.4 is 15.8 Å². The molecule has 3 N–H and O–H groups in total. The summed E-state index contributed by atoms with van der Waals surface area (Å²) < 4.78 is 43.0. The average molecular weight is 381 g/mol. The fourth-order valence-corrected chi connectivity index (χ4v) is 2.46. The molecule has 27 heavy (non-hydrogen) atoms. The van der Waals surface area contributed by atoms with E-state index in [0.29, 0.717) is 30.0 Å². The third-order valence-corrected chi connectivity index (χ3v) is 3.78. The van der Waals surface area contributed by atoms with E-state index in [4.69, 9.17) is 10.5 Å². The fourth-order valence-electron chi connectivity index (χ4n) is 2.46. The second-order valence-corrected chi connectivity index (χ2v) is 6.54. The first-order valence-electron chi connectivity index (χ1n) is 8.51. The van der Waals surface area contributed by atoms with Gasteiger partial charge >= 0.3 is 6.18 Å². The van der Waals surface area contributed by atoms with Gasteiger partial charge in [-0.05, 0) is 42.7 Å². The Morgan fingerprint density at radius 3 is 2.33 bits per heavy atom. The summed E-state index contributed by atoms with van der Waals surface area (Å²) in [5.74, 6) is 0.549. The van der Waals surface area contributed by atoms with E-state index in [1.165, 1.54) is 0 Å². The Morgan fingerprint density at radius 1 is 1.19 bits per heavy atom. The number of nitrogens with zero attached hydrogens (tertiary/aromatic N) is 1. The number of carbonyl (C=O) groups is 1. The van der Waals surface area contributed by atoms with E-state index in [1.807, 2.05) is 0 Å². The monoisotopic (exact) mass is 381 g/mol. The van der Waals surface area contributed by atoms with Gasteiger partial charge in [0, 0.05) is 30.4 Å². The predicted octanol–water partition coefficient (Wildman–Crippen LogP) is 4.00. The number of carbonyl (C=O) groups excluding carboxylic acids is 1. The first-order valence-corrected chi connectivity index (χ1v) is 8.51. The van der Waals surface area contributed by atoms with Gasteiger partial charge in [-0.3, -0.25) is 4.79 Å². The van der Waals surface area contributed by atoms with Gasteiger partial charge in [0.15, 0.2) is 0 Å². The second-order valence-electron chi connectivity index (χ2n) is 6.54. The van der Waals surface area contributed by atoms with Crippen molar-refractivity contribution in [1.82, 2.24) is 10.3 Å². The molecule has 146 valence electrons. The summed E-state index contributed by atoms with van der Waals surface area (Å²) in [5.41, 5.74) is 5.27. The number of nitrogens with one attached hydrogen (secondary N) is 1. The number of nitrogens with two attached hydrogens (primary N) is 1. The van der Waals surface area contributed by atoms with Gasteiger partial charge < -0.3 is 15.8 Å². The van der Waals surface area contributed by atoms with Crippen LogP contribution in [0.25, 0.3) is 0 Å². The van der Waals surface area contributed by atoms with Gasteiger partial charge in [-0.1, -0.05) is 13.8 Å². The summed E-state index contributed by atoms with van der Waals surface area (Å²) in [6.07, 6.45) is -2.96. The summed E-state index contributed by atoms with van der Waals surface area (Å²) in [4.78, 5) is 15.9. The molecule has 1 aromatic heterocycles. The summed E-state index contributed by atoms with van der Waals surface area (Å²) in [5, 5.41) is 2.88. The molecule has 0 spiro atoms. The Labute approximate surface area is 155 Å². The Bertz CT molecular complexity index is 744. The fraction of sp³-hybridized carbons (Fsp3) is 0.368. The van der Waals surface area contributed by atoms with E-state index >= 15 is 0 Å². The van der Waals surface area contributed by atoms with E-state index in [2.05, 4.69) is 24.1 Å². The second kappa shape index (κ2) is 8.85. The van der Waals surface area contributed by atoms with Crippen molar-refractivity contribution in [3.05, 3.63) is 53.7 Å². The van der Waals surface area contributed by atoms with Crippen molar-refractivity contribution in [3.8, 4) is 11.6 Å². The summed E-state index contributed by atoms with van der Waals surface area (Å²) in [6, 6.07) is 8.16. The van der Waals surface area contributed by atoms with Crippen LogP contribution in [0.15, 0.2) is 42.6 Å². The largest absolute Gasteiger partial charge is 0.439 e. The van der Waals surface area contributed by atoms with Crippen molar-refractivity contribution in [2.24, 2.45) is 11.7 Å². The SMILES string of the molecule is CC(C)CC(CN)NC(=O)c1ccc(Oc2ccc(C(F)(F)F)cn2)cc1. The third-order valence-electron chi connectivity index (χ3n) is 3.78. The highest BCUT2D eigenvalue weighted by atomic mass is 19.4. The number of amides is 1. The quantitative estimate of drug-likeness (QED) is 0.760. The van der Waals surface area contributed by atoms with Crippen molar-refractivity contribution in [3.63, 3.8) is 0 Å². The lowest BCUT2D eigenvalue weighted by atomic mass is 10.0. The molecule has 1 atom stereocenters. The number of benzene rings is 1. The minimum absolute atomic E-state index is 0.0281. The maximum Gasteiger partial charge on any atom is 0.417 e. The Kier molecular flexibility index (Phi) is 6.79. The number of hydrogen-bond donors (Lipinski definition) is 2. The highest BCUT2D eigenvalue weighted by Gasteiger charge is 2.30. The topological polar surface area (TPSA) is 77.2 Å². The number of rotatable bonds is 7. The lowest BCUT2D eigenvalue weighted by Crippen LogP contribution is -2.41. The van der Waals surface area contributed by atoms with Crippen molar-refractivity contribution in [1.29, 1.82) is 0 Å². The molecule has 0 radical (unpaired) electrons. The highest BCUT2D eigenvalue weighted by Crippen LogP contribution is 2.30. The molecule has 2 rings (SSSR count). The van der Waals surface area contributed by atoms with Crippen LogP contribution in [0, 0.1) is 5.92 Å². The molecule has 0 bridgehead atoms. The zero-order valence-corrected chi connectivity index (χ0v) is 15.1. The number of alkyl halides is 3. The Morgan fingerprint density at radius 2 is 1.85 bits per heavy atom. The van der Waals surface area contributed by atoms with Gasteiger partial charge in [-0.25, -0.2) is 4.98 Å². The molecule has 0 aliphatic rings. The molecule has 0 fully saturated rings. The lowest BCUT2D eigenvalue weighted by molar-refractivity contribution is -0.137. The molecule has 1 aromatic carbocycles. The minimum atomic E-state index is -4.45. The summed E-state index contributed by atoms with van der Waals surface area (Å²) >= 11 is 0. The molecule has 2 aromatic rings. The number of ether oxygens (including phenoxy) is 1. The van der Waals surface area contributed by atoms with Crippen molar-refractivity contribution >= 4 is 5.91 Å². The number of hydrogen-bond acceptors (Lipinski definition) is 4. The predicted molar refractivity (Wildman–Crippen MR) is 95.5 cm³/mol. The van der Waals surface area contributed by atoms with Gasteiger partial charge in [0.2, 0.25) is 5.88 Å². The molecule has 1 unspecified atom stereocenters. The van der Waals surface area contributed by atoms with E-state index in [-0.39, 0.29) is 17.8 Å². The zero-order chi connectivity index (χ0) is 20.0. The van der Waals surface area contributed by atoms with Crippen LogP contribution in [0.4, 0.5) is 13.2 Å².